The highest BCUT2D eigenvalue weighted by Gasteiger charge is 2.31. The van der Waals surface area contributed by atoms with Gasteiger partial charge in [0.1, 0.15) is 6.04 Å². The Morgan fingerprint density at radius 3 is 2.14 bits per heavy atom. The van der Waals surface area contributed by atoms with Gasteiger partial charge in [-0.05, 0) is 79.4 Å². The lowest BCUT2D eigenvalue weighted by atomic mass is 10.0. The molecule has 49 heavy (non-hydrogen) atoms. The highest BCUT2D eigenvalue weighted by atomic mass is 19.4. The topological polar surface area (TPSA) is 154 Å². The van der Waals surface area contributed by atoms with Crippen molar-refractivity contribution < 1.29 is 32.3 Å². The summed E-state index contributed by atoms with van der Waals surface area (Å²) in [6.45, 7) is 9.00. The van der Waals surface area contributed by atoms with E-state index in [2.05, 4.69) is 43.1 Å². The normalized spacial score (nSPS) is 11.7. The Labute approximate surface area is 280 Å². The van der Waals surface area contributed by atoms with Gasteiger partial charge in [0.15, 0.2) is 0 Å². The number of aromatic nitrogens is 2. The second-order valence-electron chi connectivity index (χ2n) is 11.4. The van der Waals surface area contributed by atoms with Crippen molar-refractivity contribution in [3.05, 3.63) is 114 Å². The predicted molar refractivity (Wildman–Crippen MR) is 180 cm³/mol. The van der Waals surface area contributed by atoms with Crippen LogP contribution in [0.2, 0.25) is 0 Å². The Balaban J connectivity index is 1.38. The molecule has 0 fully saturated rings. The van der Waals surface area contributed by atoms with Crippen LogP contribution in [0.25, 0.3) is 0 Å². The zero-order valence-corrected chi connectivity index (χ0v) is 26.8. The molecule has 3 aromatic carbocycles. The number of carbonyl (C=O) groups is 4. The molecule has 1 aromatic heterocycles. The minimum Gasteiger partial charge on any atom is -0.341 e. The number of hydrogen-bond donors (Lipinski definition) is 5. The van der Waals surface area contributed by atoms with Gasteiger partial charge in [0.05, 0.1) is 23.6 Å². The van der Waals surface area contributed by atoms with Crippen LogP contribution in [0.15, 0.2) is 91.8 Å². The van der Waals surface area contributed by atoms with Gasteiger partial charge in [0.25, 0.3) is 11.8 Å². The van der Waals surface area contributed by atoms with Crippen molar-refractivity contribution in [1.29, 1.82) is 0 Å². The molecule has 1 heterocycles. The zero-order valence-electron chi connectivity index (χ0n) is 26.8. The summed E-state index contributed by atoms with van der Waals surface area (Å²) in [5, 5.41) is 13.7. The number of halogens is 3. The molecule has 0 radical (unpaired) electrons. The van der Waals surface area contributed by atoms with Crippen LogP contribution in [0.4, 0.5) is 41.9 Å². The van der Waals surface area contributed by atoms with Crippen molar-refractivity contribution in [1.82, 2.24) is 15.3 Å². The summed E-state index contributed by atoms with van der Waals surface area (Å²) in [5.41, 5.74) is 1.17. The molecule has 0 saturated carbocycles. The number of benzene rings is 3. The molecule has 4 rings (SSSR count). The average Bonchev–Trinajstić information content (AvgIpc) is 3.05. The van der Waals surface area contributed by atoms with Crippen LogP contribution in [-0.2, 0) is 15.8 Å². The fourth-order valence-electron chi connectivity index (χ4n) is 4.61. The number of amides is 4. The molecular weight excluding hydrogens is 639 g/mol. The summed E-state index contributed by atoms with van der Waals surface area (Å²) in [5.74, 6) is -1.76. The van der Waals surface area contributed by atoms with Crippen molar-refractivity contribution in [2.75, 3.05) is 21.3 Å². The van der Waals surface area contributed by atoms with E-state index in [1.165, 1.54) is 30.6 Å². The molecule has 4 amide bonds. The smallest absolute Gasteiger partial charge is 0.341 e. The minimum absolute atomic E-state index is 0.154. The Morgan fingerprint density at radius 1 is 0.816 bits per heavy atom. The monoisotopic (exact) mass is 673 g/mol. The van der Waals surface area contributed by atoms with E-state index in [0.29, 0.717) is 23.4 Å². The average molecular weight is 674 g/mol. The van der Waals surface area contributed by atoms with Crippen LogP contribution in [0.5, 0.6) is 0 Å². The highest BCUT2D eigenvalue weighted by Crippen LogP contribution is 2.30. The van der Waals surface area contributed by atoms with Gasteiger partial charge in [-0.3, -0.25) is 19.2 Å². The summed E-state index contributed by atoms with van der Waals surface area (Å²) >= 11 is 0. The van der Waals surface area contributed by atoms with E-state index < -0.39 is 35.5 Å². The van der Waals surface area contributed by atoms with E-state index in [0.717, 1.165) is 24.3 Å². The van der Waals surface area contributed by atoms with Gasteiger partial charge in [0.2, 0.25) is 17.8 Å². The fourth-order valence-corrected chi connectivity index (χ4v) is 4.61. The van der Waals surface area contributed by atoms with Crippen LogP contribution < -0.4 is 26.6 Å². The lowest BCUT2D eigenvalue weighted by Crippen LogP contribution is -2.44. The first kappa shape index (κ1) is 35.8. The minimum atomic E-state index is -4.60. The third-order valence-electron chi connectivity index (χ3n) is 7.01. The van der Waals surface area contributed by atoms with E-state index in [4.69, 9.17) is 0 Å². The van der Waals surface area contributed by atoms with E-state index >= 15 is 0 Å². The van der Waals surface area contributed by atoms with Crippen molar-refractivity contribution in [3.8, 4) is 0 Å². The second kappa shape index (κ2) is 15.7. The summed E-state index contributed by atoms with van der Waals surface area (Å²) in [4.78, 5) is 58.9. The molecule has 0 aliphatic carbocycles. The summed E-state index contributed by atoms with van der Waals surface area (Å²) < 4.78 is 39.2. The van der Waals surface area contributed by atoms with Crippen molar-refractivity contribution in [3.63, 3.8) is 0 Å². The standard InChI is InChI=1S/C35H34F3N7O4/c1-5-30(46)45-29(14-20(2)3)33(49)42-24-10-7-11-25(16-24)44-34-39-18-27(19-40-34)43-32(48)28-17-26(13-12-21(28)4)41-31(47)22-8-6-9-23(15-22)35(36,37)38/h5-13,15-20,29H,1,14H2,2-4H3,(H,41,47)(H,42,49)(H,43,48)(H,45,46)(H,39,40,44). The molecule has 1 atom stereocenters. The summed E-state index contributed by atoms with van der Waals surface area (Å²) in [7, 11) is 0. The van der Waals surface area contributed by atoms with E-state index in [1.807, 2.05) is 13.8 Å². The van der Waals surface area contributed by atoms with E-state index in [9.17, 15) is 32.3 Å². The summed E-state index contributed by atoms with van der Waals surface area (Å²) in [6, 6.07) is 14.6. The summed E-state index contributed by atoms with van der Waals surface area (Å²) in [6.07, 6.45) is -0.292. The van der Waals surface area contributed by atoms with Gasteiger partial charge in [-0.15, -0.1) is 0 Å². The SMILES string of the molecule is C=CC(=O)NC(CC(C)C)C(=O)Nc1cccc(Nc2ncc(NC(=O)c3cc(NC(=O)c4cccc(C(F)(F)F)c4)ccc3C)cn2)c1. The number of rotatable bonds is 12. The molecule has 0 aliphatic heterocycles. The zero-order chi connectivity index (χ0) is 35.7. The van der Waals surface area contributed by atoms with Crippen LogP contribution in [0.1, 0.15) is 52.1 Å². The quantitative estimate of drug-likeness (QED) is 0.105. The largest absolute Gasteiger partial charge is 0.416 e. The van der Waals surface area contributed by atoms with E-state index in [1.54, 1.807) is 37.3 Å². The Bertz CT molecular complexity index is 1860. The van der Waals surface area contributed by atoms with E-state index in [-0.39, 0.29) is 40.3 Å². The first-order valence-corrected chi connectivity index (χ1v) is 15.1. The maximum atomic E-state index is 13.1. The van der Waals surface area contributed by atoms with Crippen LogP contribution in [0, 0.1) is 12.8 Å². The highest BCUT2D eigenvalue weighted by molar-refractivity contribution is 6.08. The number of carbonyl (C=O) groups excluding carboxylic acids is 4. The molecule has 0 aliphatic rings. The number of aryl methyl sites for hydroxylation is 1. The first-order chi connectivity index (χ1) is 23.2. The first-order valence-electron chi connectivity index (χ1n) is 15.1. The third kappa shape index (κ3) is 10.2. The molecule has 14 heteroatoms. The number of alkyl halides is 3. The van der Waals surface area contributed by atoms with Gasteiger partial charge in [-0.2, -0.15) is 13.2 Å². The number of hydrogen-bond acceptors (Lipinski definition) is 7. The van der Waals surface area contributed by atoms with Gasteiger partial charge >= 0.3 is 6.18 Å². The van der Waals surface area contributed by atoms with Crippen LogP contribution in [0.3, 0.4) is 0 Å². The molecule has 4 aromatic rings. The molecular formula is C35H34F3N7O4. The van der Waals surface area contributed by atoms with Crippen molar-refractivity contribution in [2.24, 2.45) is 5.92 Å². The van der Waals surface area contributed by atoms with Gasteiger partial charge in [-0.1, -0.05) is 38.6 Å². The van der Waals surface area contributed by atoms with Gasteiger partial charge in [-0.25, -0.2) is 9.97 Å². The van der Waals surface area contributed by atoms with Gasteiger partial charge < -0.3 is 26.6 Å². The molecule has 0 spiro atoms. The van der Waals surface area contributed by atoms with Crippen LogP contribution in [-0.4, -0.2) is 39.6 Å². The van der Waals surface area contributed by atoms with Gasteiger partial charge in [0, 0.05) is 28.2 Å². The number of anilines is 5. The number of nitrogens with one attached hydrogen (secondary N) is 5. The van der Waals surface area contributed by atoms with Crippen molar-refractivity contribution >= 4 is 52.3 Å². The third-order valence-corrected chi connectivity index (χ3v) is 7.01. The predicted octanol–water partition coefficient (Wildman–Crippen LogP) is 6.71. The molecule has 0 saturated heterocycles. The van der Waals surface area contributed by atoms with Crippen LogP contribution >= 0.6 is 0 Å². The molecule has 0 bridgehead atoms. The number of nitrogens with zero attached hydrogens (tertiary/aromatic N) is 2. The Hall–Kier alpha value is -6.05. The Morgan fingerprint density at radius 2 is 1.47 bits per heavy atom. The Kier molecular flexibility index (Phi) is 11.5. The molecule has 1 unspecified atom stereocenters. The molecule has 11 nitrogen and oxygen atoms in total. The lowest BCUT2D eigenvalue weighted by Gasteiger charge is -2.19. The lowest BCUT2D eigenvalue weighted by molar-refractivity contribution is -0.137. The maximum absolute atomic E-state index is 13.1. The molecule has 254 valence electrons. The molecule has 5 N–H and O–H groups in total. The van der Waals surface area contributed by atoms with Crippen molar-refractivity contribution in [2.45, 2.75) is 39.4 Å². The maximum Gasteiger partial charge on any atom is 0.416 e. The second-order valence-corrected chi connectivity index (χ2v) is 11.4. The fraction of sp³-hybridized carbons (Fsp3) is 0.200.